The molecule has 0 bridgehead atoms. The van der Waals surface area contributed by atoms with Gasteiger partial charge in [-0.25, -0.2) is 4.98 Å². The van der Waals surface area contributed by atoms with E-state index in [1.54, 1.807) is 6.20 Å². The highest BCUT2D eigenvalue weighted by Gasteiger charge is 2.28. The molecule has 25 heavy (non-hydrogen) atoms. The van der Waals surface area contributed by atoms with Gasteiger partial charge in [0.25, 0.3) is 0 Å². The standard InChI is InChI=1S/C19H23N3O2S/c1-2-16-12-20-19(25-16)21-18(24)15-9-6-10-22(13-15)17(23)11-14-7-4-3-5-8-14/h3-5,7-8,12,15H,2,6,9-11,13H2,1H3,(H,20,21,24)/t15-/m1/s1. The highest BCUT2D eigenvalue weighted by Crippen LogP contribution is 2.22. The molecule has 2 aromatic rings. The van der Waals surface area contributed by atoms with Crippen molar-refractivity contribution in [2.45, 2.75) is 32.6 Å². The Kier molecular flexibility index (Phi) is 5.81. The Bertz CT molecular complexity index is 729. The summed E-state index contributed by atoms with van der Waals surface area (Å²) in [5.74, 6) is -0.108. The number of hydrogen-bond donors (Lipinski definition) is 1. The van der Waals surface area contributed by atoms with Crippen molar-refractivity contribution < 1.29 is 9.59 Å². The lowest BCUT2D eigenvalue weighted by atomic mass is 9.96. The van der Waals surface area contributed by atoms with Crippen LogP contribution < -0.4 is 5.32 Å². The van der Waals surface area contributed by atoms with Gasteiger partial charge in [0.1, 0.15) is 0 Å². The van der Waals surface area contributed by atoms with Crippen LogP contribution in [0.5, 0.6) is 0 Å². The van der Waals surface area contributed by atoms with E-state index in [9.17, 15) is 9.59 Å². The van der Waals surface area contributed by atoms with E-state index in [0.29, 0.717) is 18.1 Å². The van der Waals surface area contributed by atoms with E-state index in [2.05, 4.69) is 17.2 Å². The van der Waals surface area contributed by atoms with E-state index in [4.69, 9.17) is 0 Å². The summed E-state index contributed by atoms with van der Waals surface area (Å²) in [5.41, 5.74) is 1.01. The highest BCUT2D eigenvalue weighted by atomic mass is 32.1. The van der Waals surface area contributed by atoms with Crippen molar-refractivity contribution in [3.8, 4) is 0 Å². The first kappa shape index (κ1) is 17.6. The molecule has 5 nitrogen and oxygen atoms in total. The summed E-state index contributed by atoms with van der Waals surface area (Å²) in [6.45, 7) is 3.28. The van der Waals surface area contributed by atoms with E-state index in [0.717, 1.165) is 36.2 Å². The first-order chi connectivity index (χ1) is 12.2. The van der Waals surface area contributed by atoms with Crippen LogP contribution in [0.25, 0.3) is 0 Å². The van der Waals surface area contributed by atoms with Crippen molar-refractivity contribution in [2.75, 3.05) is 18.4 Å². The van der Waals surface area contributed by atoms with Gasteiger partial charge < -0.3 is 10.2 Å². The molecule has 1 aliphatic heterocycles. The molecule has 1 fully saturated rings. The van der Waals surface area contributed by atoms with E-state index < -0.39 is 0 Å². The monoisotopic (exact) mass is 357 g/mol. The number of hydrogen-bond acceptors (Lipinski definition) is 4. The predicted octanol–water partition coefficient (Wildman–Crippen LogP) is 3.13. The second kappa shape index (κ2) is 8.25. The molecule has 1 saturated heterocycles. The van der Waals surface area contributed by atoms with Gasteiger partial charge >= 0.3 is 0 Å². The van der Waals surface area contributed by atoms with Crippen LogP contribution in [0.2, 0.25) is 0 Å². The molecule has 1 N–H and O–H groups in total. The van der Waals surface area contributed by atoms with Crippen molar-refractivity contribution in [3.05, 3.63) is 47.0 Å². The molecule has 3 rings (SSSR count). The van der Waals surface area contributed by atoms with E-state index in [1.807, 2.05) is 35.2 Å². The first-order valence-corrected chi connectivity index (χ1v) is 9.54. The molecule has 2 heterocycles. The second-order valence-electron chi connectivity index (χ2n) is 6.32. The van der Waals surface area contributed by atoms with Crippen LogP contribution in [0.4, 0.5) is 5.13 Å². The number of carbonyl (C=O) groups excluding carboxylic acids is 2. The fraction of sp³-hybridized carbons (Fsp3) is 0.421. The topological polar surface area (TPSA) is 62.3 Å². The Labute approximate surface area is 152 Å². The van der Waals surface area contributed by atoms with Crippen LogP contribution in [-0.2, 0) is 22.4 Å². The molecular formula is C19H23N3O2S. The number of aromatic nitrogens is 1. The number of nitrogens with zero attached hydrogens (tertiary/aromatic N) is 2. The van der Waals surface area contributed by atoms with Crippen molar-refractivity contribution in [1.82, 2.24) is 9.88 Å². The Balaban J connectivity index is 1.56. The Hall–Kier alpha value is -2.21. The molecule has 0 saturated carbocycles. The minimum absolute atomic E-state index is 0.0331. The number of piperidine rings is 1. The smallest absolute Gasteiger partial charge is 0.231 e. The fourth-order valence-electron chi connectivity index (χ4n) is 3.04. The number of thiazole rings is 1. The lowest BCUT2D eigenvalue weighted by Gasteiger charge is -2.32. The quantitative estimate of drug-likeness (QED) is 0.894. The zero-order chi connectivity index (χ0) is 17.6. The number of benzene rings is 1. The number of rotatable bonds is 5. The molecule has 1 aromatic carbocycles. The van der Waals surface area contributed by atoms with Crippen LogP contribution >= 0.6 is 11.3 Å². The molecule has 0 aliphatic carbocycles. The number of aryl methyl sites for hydroxylation is 1. The summed E-state index contributed by atoms with van der Waals surface area (Å²) in [4.78, 5) is 32.2. The molecule has 1 aliphatic rings. The summed E-state index contributed by atoms with van der Waals surface area (Å²) in [5, 5.41) is 3.55. The van der Waals surface area contributed by atoms with Gasteiger partial charge in [-0.05, 0) is 24.8 Å². The molecule has 1 atom stereocenters. The van der Waals surface area contributed by atoms with Crippen molar-refractivity contribution in [2.24, 2.45) is 5.92 Å². The zero-order valence-electron chi connectivity index (χ0n) is 14.4. The lowest BCUT2D eigenvalue weighted by molar-refractivity contribution is -0.133. The summed E-state index contributed by atoms with van der Waals surface area (Å²) < 4.78 is 0. The molecule has 0 radical (unpaired) electrons. The molecule has 0 spiro atoms. The van der Waals surface area contributed by atoms with E-state index >= 15 is 0 Å². The number of likely N-dealkylation sites (tertiary alicyclic amines) is 1. The maximum atomic E-state index is 12.5. The summed E-state index contributed by atoms with van der Waals surface area (Å²) in [6.07, 6.45) is 4.78. The highest BCUT2D eigenvalue weighted by molar-refractivity contribution is 7.15. The van der Waals surface area contributed by atoms with Crippen molar-refractivity contribution in [3.63, 3.8) is 0 Å². The average molecular weight is 357 g/mol. The first-order valence-electron chi connectivity index (χ1n) is 8.73. The minimum Gasteiger partial charge on any atom is -0.342 e. The van der Waals surface area contributed by atoms with E-state index in [-0.39, 0.29) is 17.7 Å². The van der Waals surface area contributed by atoms with Gasteiger partial charge in [-0.15, -0.1) is 11.3 Å². The van der Waals surface area contributed by atoms with Gasteiger partial charge in [0.15, 0.2) is 5.13 Å². The molecule has 0 unspecified atom stereocenters. The largest absolute Gasteiger partial charge is 0.342 e. The summed E-state index contributed by atoms with van der Waals surface area (Å²) in [6, 6.07) is 9.73. The number of nitrogens with one attached hydrogen (secondary N) is 1. The van der Waals surface area contributed by atoms with Gasteiger partial charge in [0.2, 0.25) is 11.8 Å². The third-order valence-electron chi connectivity index (χ3n) is 4.48. The molecular weight excluding hydrogens is 334 g/mol. The maximum Gasteiger partial charge on any atom is 0.231 e. The second-order valence-corrected chi connectivity index (χ2v) is 7.43. The maximum absolute atomic E-state index is 12.5. The summed E-state index contributed by atoms with van der Waals surface area (Å²) >= 11 is 1.51. The third kappa shape index (κ3) is 4.66. The predicted molar refractivity (Wildman–Crippen MR) is 99.6 cm³/mol. The van der Waals surface area contributed by atoms with Gasteiger partial charge in [0.05, 0.1) is 12.3 Å². The Morgan fingerprint density at radius 1 is 1.32 bits per heavy atom. The van der Waals surface area contributed by atoms with Gasteiger partial charge in [-0.1, -0.05) is 37.3 Å². The number of anilines is 1. The minimum atomic E-state index is -0.164. The SMILES string of the molecule is CCc1cnc(NC(=O)[C@@H]2CCCN(C(=O)Cc3ccccc3)C2)s1. The van der Waals surface area contributed by atoms with Crippen LogP contribution in [-0.4, -0.2) is 34.8 Å². The van der Waals surface area contributed by atoms with Gasteiger partial charge in [-0.3, -0.25) is 9.59 Å². The zero-order valence-corrected chi connectivity index (χ0v) is 15.2. The fourth-order valence-corrected chi connectivity index (χ4v) is 3.79. The van der Waals surface area contributed by atoms with Crippen LogP contribution in [0.1, 0.15) is 30.2 Å². The Morgan fingerprint density at radius 3 is 2.84 bits per heavy atom. The van der Waals surface area contributed by atoms with Crippen LogP contribution in [0.3, 0.4) is 0 Å². The summed E-state index contributed by atoms with van der Waals surface area (Å²) in [7, 11) is 0. The Morgan fingerprint density at radius 2 is 2.12 bits per heavy atom. The van der Waals surface area contributed by atoms with Crippen molar-refractivity contribution in [1.29, 1.82) is 0 Å². The van der Waals surface area contributed by atoms with Crippen molar-refractivity contribution >= 4 is 28.3 Å². The number of carbonyl (C=O) groups is 2. The average Bonchev–Trinajstić information content (AvgIpc) is 3.10. The molecule has 2 amide bonds. The lowest BCUT2D eigenvalue weighted by Crippen LogP contribution is -2.44. The van der Waals surface area contributed by atoms with Gasteiger partial charge in [0, 0.05) is 24.2 Å². The van der Waals surface area contributed by atoms with Crippen LogP contribution in [0.15, 0.2) is 36.5 Å². The molecule has 1 aromatic heterocycles. The molecule has 6 heteroatoms. The van der Waals surface area contributed by atoms with Gasteiger partial charge in [-0.2, -0.15) is 0 Å². The molecule has 132 valence electrons. The van der Waals surface area contributed by atoms with E-state index in [1.165, 1.54) is 11.3 Å². The normalized spacial score (nSPS) is 17.3. The number of amides is 2. The van der Waals surface area contributed by atoms with Crippen LogP contribution in [0, 0.1) is 5.92 Å². The third-order valence-corrected chi connectivity index (χ3v) is 5.53.